The number of rotatable bonds is 7. The summed E-state index contributed by atoms with van der Waals surface area (Å²) in [6.45, 7) is 4.95. The van der Waals surface area contributed by atoms with Gasteiger partial charge in [0.25, 0.3) is 0 Å². The van der Waals surface area contributed by atoms with Gasteiger partial charge in [0.2, 0.25) is 0 Å². The van der Waals surface area contributed by atoms with Gasteiger partial charge in [0.05, 0.1) is 6.35 Å². The van der Waals surface area contributed by atoms with Crippen LogP contribution in [0.5, 0.6) is 0 Å². The largest absolute Gasteiger partial charge is 0.374 e. The number of nitrogens with two attached hydrogens (primary N) is 1. The minimum atomic E-state index is -1.97. The summed E-state index contributed by atoms with van der Waals surface area (Å²) in [7, 11) is -1.97. The third kappa shape index (κ3) is 10.2. The van der Waals surface area contributed by atoms with Gasteiger partial charge in [-0.2, -0.15) is 0 Å². The summed E-state index contributed by atoms with van der Waals surface area (Å²) in [4.78, 5) is 0. The lowest BCUT2D eigenvalue weighted by atomic mass is 10.2. The van der Waals surface area contributed by atoms with Gasteiger partial charge in [-0.3, -0.25) is 0 Å². The molecule has 0 heterocycles. The highest BCUT2D eigenvalue weighted by molar-refractivity contribution is 7.62. The second-order valence-electron chi connectivity index (χ2n) is 3.46. The lowest BCUT2D eigenvalue weighted by Crippen LogP contribution is -2.01. The molecule has 0 saturated heterocycles. The molecule has 0 fully saturated rings. The monoisotopic (exact) mass is 193 g/mol. The fourth-order valence-corrected chi connectivity index (χ4v) is 1.38. The highest BCUT2D eigenvalue weighted by atomic mass is 31.2. The second-order valence-corrected chi connectivity index (χ2v) is 6.87. The predicted octanol–water partition coefficient (Wildman–Crippen LogP) is 1.71. The molecule has 0 aliphatic rings. The smallest absolute Gasteiger partial charge is 0.106 e. The van der Waals surface area contributed by atoms with Gasteiger partial charge in [0.1, 0.15) is 7.14 Å². The third-order valence-corrected chi connectivity index (χ3v) is 2.20. The first kappa shape index (κ1) is 12.2. The first-order chi connectivity index (χ1) is 5.56. The molecule has 0 amide bonds. The van der Waals surface area contributed by atoms with E-state index in [1.807, 2.05) is 0 Å². The molecule has 0 bridgehead atoms. The molecule has 0 aromatic heterocycles. The lowest BCUT2D eigenvalue weighted by molar-refractivity contribution is 0.171. The molecular weight excluding hydrogens is 173 g/mol. The maximum Gasteiger partial charge on any atom is 0.106 e. The van der Waals surface area contributed by atoms with E-state index in [0.717, 1.165) is 25.8 Å². The van der Waals surface area contributed by atoms with Gasteiger partial charge in [-0.25, -0.2) is 0 Å². The van der Waals surface area contributed by atoms with E-state index in [1.54, 1.807) is 13.3 Å². The minimum absolute atomic E-state index is 0.412. The number of unbranched alkanes of at least 4 members (excludes halogenated alkanes) is 2. The fraction of sp³-hybridized carbons (Fsp3) is 1.00. The summed E-state index contributed by atoms with van der Waals surface area (Å²) in [5, 5.41) is 0. The molecule has 0 rings (SSSR count). The Bertz CT molecular complexity index is 144. The van der Waals surface area contributed by atoms with Crippen molar-refractivity contribution in [2.75, 3.05) is 32.8 Å². The Labute approximate surface area is 75.0 Å². The Morgan fingerprint density at radius 1 is 1.25 bits per heavy atom. The van der Waals surface area contributed by atoms with Crippen LogP contribution < -0.4 is 5.73 Å². The van der Waals surface area contributed by atoms with Crippen molar-refractivity contribution in [3.63, 3.8) is 0 Å². The van der Waals surface area contributed by atoms with Crippen LogP contribution in [0.2, 0.25) is 0 Å². The molecule has 0 aromatic rings. The molecule has 2 N–H and O–H groups in total. The van der Waals surface area contributed by atoms with Gasteiger partial charge in [0, 0.05) is 6.61 Å². The third-order valence-electron chi connectivity index (χ3n) is 1.39. The van der Waals surface area contributed by atoms with E-state index in [2.05, 4.69) is 0 Å². The van der Waals surface area contributed by atoms with Crippen LogP contribution in [0.25, 0.3) is 0 Å². The van der Waals surface area contributed by atoms with E-state index in [-0.39, 0.29) is 0 Å². The van der Waals surface area contributed by atoms with Gasteiger partial charge >= 0.3 is 0 Å². The summed E-state index contributed by atoms with van der Waals surface area (Å²) in [5.74, 6) is 0. The van der Waals surface area contributed by atoms with Crippen LogP contribution in [0.3, 0.4) is 0 Å². The van der Waals surface area contributed by atoms with Crippen molar-refractivity contribution in [1.29, 1.82) is 0 Å². The highest BCUT2D eigenvalue weighted by Crippen LogP contribution is 2.35. The molecule has 0 aromatic carbocycles. The number of ether oxygens (including phenoxy) is 1. The Morgan fingerprint density at radius 2 is 1.92 bits per heavy atom. The molecule has 0 spiro atoms. The van der Waals surface area contributed by atoms with E-state index >= 15 is 0 Å². The molecule has 0 unspecified atom stereocenters. The van der Waals surface area contributed by atoms with E-state index in [4.69, 9.17) is 10.5 Å². The van der Waals surface area contributed by atoms with Crippen molar-refractivity contribution in [2.45, 2.75) is 19.3 Å². The van der Waals surface area contributed by atoms with Gasteiger partial charge in [-0.1, -0.05) is 0 Å². The average molecular weight is 193 g/mol. The molecule has 12 heavy (non-hydrogen) atoms. The van der Waals surface area contributed by atoms with E-state index in [9.17, 15) is 4.57 Å². The Hall–Kier alpha value is 0.150. The van der Waals surface area contributed by atoms with Crippen LogP contribution in [0.15, 0.2) is 0 Å². The molecule has 3 nitrogen and oxygen atoms in total. The quantitative estimate of drug-likeness (QED) is 0.494. The van der Waals surface area contributed by atoms with Gasteiger partial charge in [-0.15, -0.1) is 0 Å². The van der Waals surface area contributed by atoms with Crippen molar-refractivity contribution in [1.82, 2.24) is 0 Å². The van der Waals surface area contributed by atoms with E-state index in [0.29, 0.717) is 13.0 Å². The molecule has 4 heteroatoms. The van der Waals surface area contributed by atoms with Gasteiger partial charge in [-0.05, 0) is 39.1 Å². The van der Waals surface area contributed by atoms with Crippen molar-refractivity contribution in [2.24, 2.45) is 5.73 Å². The molecular formula is C8H20NO2P. The molecule has 0 radical (unpaired) electrons. The normalized spacial score (nSPS) is 11.9. The zero-order valence-corrected chi connectivity index (χ0v) is 8.98. The fourth-order valence-electron chi connectivity index (χ4n) is 0.810. The SMILES string of the molecule is CP(C)(=O)COCCCCCN. The first-order valence-corrected chi connectivity index (χ1v) is 7.17. The first-order valence-electron chi connectivity index (χ1n) is 4.38. The minimum Gasteiger partial charge on any atom is -0.374 e. The van der Waals surface area contributed by atoms with E-state index in [1.165, 1.54) is 0 Å². The van der Waals surface area contributed by atoms with Crippen LogP contribution in [-0.2, 0) is 9.30 Å². The zero-order chi connectivity index (χ0) is 9.45. The number of hydrogen-bond donors (Lipinski definition) is 1. The summed E-state index contributed by atoms with van der Waals surface area (Å²) >= 11 is 0. The average Bonchev–Trinajstić information content (AvgIpc) is 1.94. The summed E-state index contributed by atoms with van der Waals surface area (Å²) in [6.07, 6.45) is 3.60. The topological polar surface area (TPSA) is 52.3 Å². The summed E-state index contributed by atoms with van der Waals surface area (Å²) in [5.41, 5.74) is 5.33. The second kappa shape index (κ2) is 6.64. The highest BCUT2D eigenvalue weighted by Gasteiger charge is 2.05. The van der Waals surface area contributed by atoms with Crippen molar-refractivity contribution in [3.8, 4) is 0 Å². The molecule has 0 atom stereocenters. The van der Waals surface area contributed by atoms with Crippen molar-refractivity contribution < 1.29 is 9.30 Å². The van der Waals surface area contributed by atoms with Gasteiger partial charge in [0.15, 0.2) is 0 Å². The number of hydrogen-bond acceptors (Lipinski definition) is 3. The standard InChI is InChI=1S/C8H20NO2P/c1-12(2,10)8-11-7-5-3-4-6-9/h3-9H2,1-2H3. The zero-order valence-electron chi connectivity index (χ0n) is 8.08. The Kier molecular flexibility index (Phi) is 6.73. The maximum absolute atomic E-state index is 11.2. The summed E-state index contributed by atoms with van der Waals surface area (Å²) in [6, 6.07) is 0. The van der Waals surface area contributed by atoms with Crippen LogP contribution in [0.1, 0.15) is 19.3 Å². The van der Waals surface area contributed by atoms with Gasteiger partial charge < -0.3 is 15.0 Å². The Morgan fingerprint density at radius 3 is 2.42 bits per heavy atom. The van der Waals surface area contributed by atoms with E-state index < -0.39 is 7.14 Å². The molecule has 0 aliphatic carbocycles. The maximum atomic E-state index is 11.2. The van der Waals surface area contributed by atoms with Crippen molar-refractivity contribution >= 4 is 7.14 Å². The lowest BCUT2D eigenvalue weighted by Gasteiger charge is -2.07. The van der Waals surface area contributed by atoms with Crippen molar-refractivity contribution in [3.05, 3.63) is 0 Å². The molecule has 74 valence electrons. The Balaban J connectivity index is 3.06. The molecule has 0 saturated carbocycles. The summed E-state index contributed by atoms with van der Waals surface area (Å²) < 4.78 is 16.4. The van der Waals surface area contributed by atoms with Crippen LogP contribution in [-0.4, -0.2) is 32.8 Å². The van der Waals surface area contributed by atoms with Crippen LogP contribution in [0.4, 0.5) is 0 Å². The predicted molar refractivity (Wildman–Crippen MR) is 53.2 cm³/mol. The van der Waals surface area contributed by atoms with Crippen LogP contribution in [0, 0.1) is 0 Å². The molecule has 0 aliphatic heterocycles. The van der Waals surface area contributed by atoms with Crippen LogP contribution >= 0.6 is 7.14 Å².